The van der Waals surface area contributed by atoms with E-state index in [1.807, 2.05) is 12.1 Å². The molecule has 1 rings (SSSR count). The monoisotopic (exact) mass is 360 g/mol. The van der Waals surface area contributed by atoms with Gasteiger partial charge in [-0.05, 0) is 43.0 Å². The molecule has 3 heteroatoms. The maximum absolute atomic E-state index is 11.9. The van der Waals surface area contributed by atoms with Crippen LogP contribution < -0.4 is 4.74 Å². The predicted octanol–water partition coefficient (Wildman–Crippen LogP) is 6.38. The van der Waals surface area contributed by atoms with Crippen LogP contribution in [-0.4, -0.2) is 18.0 Å². The van der Waals surface area contributed by atoms with Gasteiger partial charge in [0.25, 0.3) is 0 Å². The van der Waals surface area contributed by atoms with Gasteiger partial charge in [-0.3, -0.25) is 4.79 Å². The Morgan fingerprint density at radius 2 is 1.69 bits per heavy atom. The summed E-state index contributed by atoms with van der Waals surface area (Å²) < 4.78 is 5.09. The van der Waals surface area contributed by atoms with Crippen molar-refractivity contribution in [3.63, 3.8) is 0 Å². The van der Waals surface area contributed by atoms with E-state index < -0.39 is 0 Å². The second-order valence-electron chi connectivity index (χ2n) is 6.99. The first-order chi connectivity index (χ1) is 12.7. The Labute approximate surface area is 159 Å². The highest BCUT2D eigenvalue weighted by Crippen LogP contribution is 2.26. The van der Waals surface area contributed by atoms with Crippen LogP contribution in [0.4, 0.5) is 0 Å². The van der Waals surface area contributed by atoms with E-state index in [-0.39, 0.29) is 11.5 Å². The highest BCUT2D eigenvalue weighted by molar-refractivity contribution is 5.89. The molecule has 0 unspecified atom stereocenters. The van der Waals surface area contributed by atoms with Crippen LogP contribution in [0.1, 0.15) is 83.1 Å². The number of phenols is 1. The van der Waals surface area contributed by atoms with Gasteiger partial charge in [0.2, 0.25) is 0 Å². The van der Waals surface area contributed by atoms with Crippen LogP contribution in [0.25, 0.3) is 0 Å². The molecule has 1 N–H and O–H groups in total. The molecule has 0 aliphatic carbocycles. The van der Waals surface area contributed by atoms with Gasteiger partial charge >= 0.3 is 0 Å². The lowest BCUT2D eigenvalue weighted by Crippen LogP contribution is -1.96. The number of ketones is 1. The minimum atomic E-state index is 0.128. The lowest BCUT2D eigenvalue weighted by atomic mass is 10.1. The summed E-state index contributed by atoms with van der Waals surface area (Å²) in [5.41, 5.74) is 1.00. The van der Waals surface area contributed by atoms with E-state index in [1.54, 1.807) is 18.2 Å². The molecule has 0 spiro atoms. The third-order valence-corrected chi connectivity index (χ3v) is 4.68. The standard InChI is InChI=1S/C23H36O3/c1-3-4-5-6-7-8-9-10-11-12-13-14-21(24)17-15-20-16-18-22(25)23(19-20)26-2/h13-14,16,18-19,25H,3-12,15,17H2,1-2H3/b14-13+. The molecule has 1 aromatic carbocycles. The van der Waals surface area contributed by atoms with Crippen LogP contribution in [0.5, 0.6) is 11.5 Å². The Kier molecular flexibility index (Phi) is 12.3. The lowest BCUT2D eigenvalue weighted by Gasteiger charge is -2.05. The van der Waals surface area contributed by atoms with E-state index in [0.717, 1.165) is 12.0 Å². The second kappa shape index (κ2) is 14.4. The fraction of sp³-hybridized carbons (Fsp3) is 0.609. The molecular formula is C23H36O3. The SMILES string of the molecule is CCCCCCCCCCC/C=C/C(=O)CCc1ccc(O)c(OC)c1. The number of aryl methyl sites for hydroxylation is 1. The van der Waals surface area contributed by atoms with Crippen molar-refractivity contribution < 1.29 is 14.6 Å². The van der Waals surface area contributed by atoms with Crippen molar-refractivity contribution >= 4 is 5.78 Å². The Bertz CT molecular complexity index is 534. The fourth-order valence-electron chi connectivity index (χ4n) is 3.02. The zero-order chi connectivity index (χ0) is 19.0. The summed E-state index contributed by atoms with van der Waals surface area (Å²) in [5, 5.41) is 9.58. The van der Waals surface area contributed by atoms with Crippen molar-refractivity contribution in [3.05, 3.63) is 35.9 Å². The van der Waals surface area contributed by atoms with Gasteiger partial charge < -0.3 is 9.84 Å². The van der Waals surface area contributed by atoms with Gasteiger partial charge in [-0.15, -0.1) is 0 Å². The number of carbonyl (C=O) groups is 1. The van der Waals surface area contributed by atoms with E-state index in [9.17, 15) is 9.90 Å². The molecule has 0 saturated heterocycles. The summed E-state index contributed by atoms with van der Waals surface area (Å²) in [6.07, 6.45) is 17.8. The third kappa shape index (κ3) is 10.3. The quantitative estimate of drug-likeness (QED) is 0.291. The van der Waals surface area contributed by atoms with Crippen LogP contribution >= 0.6 is 0 Å². The van der Waals surface area contributed by atoms with Crippen molar-refractivity contribution in [2.75, 3.05) is 7.11 Å². The van der Waals surface area contributed by atoms with Crippen molar-refractivity contribution in [2.24, 2.45) is 0 Å². The van der Waals surface area contributed by atoms with Crippen LogP contribution in [0.2, 0.25) is 0 Å². The number of hydrogen-bond acceptors (Lipinski definition) is 3. The van der Waals surface area contributed by atoms with Gasteiger partial charge in [0.1, 0.15) is 0 Å². The Hall–Kier alpha value is -1.77. The van der Waals surface area contributed by atoms with Gasteiger partial charge in [-0.25, -0.2) is 0 Å². The molecule has 26 heavy (non-hydrogen) atoms. The van der Waals surface area contributed by atoms with Crippen molar-refractivity contribution in [3.8, 4) is 11.5 Å². The molecule has 1 aromatic rings. The number of allylic oxidation sites excluding steroid dienone is 2. The molecule has 0 fully saturated rings. The minimum absolute atomic E-state index is 0.128. The highest BCUT2D eigenvalue weighted by Gasteiger charge is 2.04. The topological polar surface area (TPSA) is 46.5 Å². The van der Waals surface area contributed by atoms with Crippen LogP contribution in [-0.2, 0) is 11.2 Å². The molecule has 0 aliphatic rings. The Morgan fingerprint density at radius 1 is 1.04 bits per heavy atom. The van der Waals surface area contributed by atoms with Gasteiger partial charge in [0, 0.05) is 6.42 Å². The average molecular weight is 361 g/mol. The van der Waals surface area contributed by atoms with Crippen LogP contribution in [0.15, 0.2) is 30.4 Å². The van der Waals surface area contributed by atoms with Crippen molar-refractivity contribution in [2.45, 2.75) is 84.0 Å². The number of unbranched alkanes of at least 4 members (excludes halogenated alkanes) is 9. The van der Waals surface area contributed by atoms with Gasteiger partial charge in [0.05, 0.1) is 7.11 Å². The maximum atomic E-state index is 11.9. The van der Waals surface area contributed by atoms with Gasteiger partial charge in [0.15, 0.2) is 17.3 Å². The highest BCUT2D eigenvalue weighted by atomic mass is 16.5. The molecule has 0 aliphatic heterocycles. The Balaban J connectivity index is 2.07. The summed E-state index contributed by atoms with van der Waals surface area (Å²) in [7, 11) is 1.53. The molecular weight excluding hydrogens is 324 g/mol. The number of ether oxygens (including phenoxy) is 1. The lowest BCUT2D eigenvalue weighted by molar-refractivity contribution is -0.114. The summed E-state index contributed by atoms with van der Waals surface area (Å²) in [5.74, 6) is 0.743. The number of methoxy groups -OCH3 is 1. The van der Waals surface area contributed by atoms with Crippen molar-refractivity contribution in [1.29, 1.82) is 0 Å². The van der Waals surface area contributed by atoms with E-state index in [2.05, 4.69) is 6.92 Å². The third-order valence-electron chi connectivity index (χ3n) is 4.68. The van der Waals surface area contributed by atoms with Crippen molar-refractivity contribution in [1.82, 2.24) is 0 Å². The zero-order valence-corrected chi connectivity index (χ0v) is 16.6. The number of aromatic hydroxyl groups is 1. The van der Waals surface area contributed by atoms with Crippen LogP contribution in [0.3, 0.4) is 0 Å². The number of carbonyl (C=O) groups excluding carboxylic acids is 1. The molecule has 0 aromatic heterocycles. The van der Waals surface area contributed by atoms with E-state index in [0.29, 0.717) is 18.6 Å². The fourth-order valence-corrected chi connectivity index (χ4v) is 3.02. The Morgan fingerprint density at radius 3 is 2.35 bits per heavy atom. The van der Waals surface area contributed by atoms with E-state index >= 15 is 0 Å². The molecule has 3 nitrogen and oxygen atoms in total. The molecule has 0 heterocycles. The predicted molar refractivity (Wildman–Crippen MR) is 109 cm³/mol. The average Bonchev–Trinajstić information content (AvgIpc) is 2.65. The number of rotatable bonds is 15. The summed E-state index contributed by atoms with van der Waals surface area (Å²) >= 11 is 0. The smallest absolute Gasteiger partial charge is 0.160 e. The molecule has 146 valence electrons. The molecule has 0 radical (unpaired) electrons. The maximum Gasteiger partial charge on any atom is 0.160 e. The minimum Gasteiger partial charge on any atom is -0.504 e. The zero-order valence-electron chi connectivity index (χ0n) is 16.6. The summed E-state index contributed by atoms with van der Waals surface area (Å²) in [4.78, 5) is 11.9. The summed E-state index contributed by atoms with van der Waals surface area (Å²) in [6.45, 7) is 2.25. The number of benzene rings is 1. The van der Waals surface area contributed by atoms with E-state index in [1.165, 1.54) is 64.9 Å². The van der Waals surface area contributed by atoms with Gasteiger partial charge in [-0.2, -0.15) is 0 Å². The first-order valence-corrected chi connectivity index (χ1v) is 10.2. The summed E-state index contributed by atoms with van der Waals surface area (Å²) in [6, 6.07) is 5.23. The first kappa shape index (κ1) is 22.3. The first-order valence-electron chi connectivity index (χ1n) is 10.2. The normalized spacial score (nSPS) is 11.2. The van der Waals surface area contributed by atoms with Gasteiger partial charge in [-0.1, -0.05) is 70.4 Å². The molecule has 0 bridgehead atoms. The second-order valence-corrected chi connectivity index (χ2v) is 6.99. The molecule has 0 amide bonds. The number of phenolic OH excluding ortho intramolecular Hbond substituents is 1. The molecule has 0 atom stereocenters. The largest absolute Gasteiger partial charge is 0.504 e. The number of hydrogen-bond donors (Lipinski definition) is 1. The van der Waals surface area contributed by atoms with Crippen LogP contribution in [0, 0.1) is 0 Å². The molecule has 0 saturated carbocycles. The van der Waals surface area contributed by atoms with E-state index in [4.69, 9.17) is 4.74 Å².